The lowest BCUT2D eigenvalue weighted by atomic mass is 10.1. The van der Waals surface area contributed by atoms with Gasteiger partial charge in [0.1, 0.15) is 5.75 Å². The van der Waals surface area contributed by atoms with Crippen LogP contribution in [0.3, 0.4) is 0 Å². The zero-order valence-electron chi connectivity index (χ0n) is 13.6. The number of thioether (sulfide) groups is 1. The van der Waals surface area contributed by atoms with E-state index in [0.717, 1.165) is 60.5 Å². The number of ether oxygens (including phenoxy) is 1. The molecule has 22 heavy (non-hydrogen) atoms. The molecule has 0 spiro atoms. The molecule has 124 valence electrons. The molecule has 4 nitrogen and oxygen atoms in total. The van der Waals surface area contributed by atoms with Crippen LogP contribution in [0.5, 0.6) is 5.75 Å². The maximum Gasteiger partial charge on any atom is 0.191 e. The summed E-state index contributed by atoms with van der Waals surface area (Å²) in [5.74, 6) is 2.79. The van der Waals surface area contributed by atoms with Crippen molar-refractivity contribution in [2.24, 2.45) is 4.99 Å². The van der Waals surface area contributed by atoms with Crippen molar-refractivity contribution < 1.29 is 4.74 Å². The first-order valence-corrected chi connectivity index (χ1v) is 9.32. The number of nitrogens with one attached hydrogen (secondary N) is 2. The van der Waals surface area contributed by atoms with Gasteiger partial charge in [-0.25, -0.2) is 0 Å². The third-order valence-corrected chi connectivity index (χ3v) is 4.12. The van der Waals surface area contributed by atoms with E-state index in [4.69, 9.17) is 16.3 Å². The highest BCUT2D eigenvalue weighted by molar-refractivity contribution is 7.98. The summed E-state index contributed by atoms with van der Waals surface area (Å²) < 4.78 is 5.16. The van der Waals surface area contributed by atoms with Gasteiger partial charge in [-0.1, -0.05) is 17.7 Å². The van der Waals surface area contributed by atoms with Crippen molar-refractivity contribution in [1.29, 1.82) is 0 Å². The van der Waals surface area contributed by atoms with Gasteiger partial charge in [0.25, 0.3) is 0 Å². The molecule has 1 aromatic carbocycles. The molecule has 2 N–H and O–H groups in total. The van der Waals surface area contributed by atoms with Crippen molar-refractivity contribution in [3.63, 3.8) is 0 Å². The Hall–Kier alpha value is -1.07. The second kappa shape index (κ2) is 11.5. The summed E-state index contributed by atoms with van der Waals surface area (Å²) in [6, 6.07) is 5.78. The summed E-state index contributed by atoms with van der Waals surface area (Å²) in [5.41, 5.74) is 1.10. The third-order valence-electron chi connectivity index (χ3n) is 3.07. The minimum absolute atomic E-state index is 0.739. The minimum Gasteiger partial charge on any atom is -0.497 e. The molecule has 0 aliphatic carbocycles. The van der Waals surface area contributed by atoms with Gasteiger partial charge in [0.2, 0.25) is 0 Å². The Morgan fingerprint density at radius 3 is 2.82 bits per heavy atom. The van der Waals surface area contributed by atoms with E-state index >= 15 is 0 Å². The molecule has 0 aliphatic heterocycles. The number of aliphatic imine (C=N–C) groups is 1. The second-order valence-corrected chi connectivity index (χ2v) is 6.13. The molecule has 1 rings (SSSR count). The Bertz CT molecular complexity index is 469. The average Bonchev–Trinajstić information content (AvgIpc) is 2.52. The third kappa shape index (κ3) is 7.27. The monoisotopic (exact) mass is 343 g/mol. The molecular formula is C16H26ClN3OS. The number of rotatable bonds is 9. The van der Waals surface area contributed by atoms with Gasteiger partial charge in [0.15, 0.2) is 5.96 Å². The first kappa shape index (κ1) is 19.0. The van der Waals surface area contributed by atoms with E-state index in [2.05, 4.69) is 28.8 Å². The van der Waals surface area contributed by atoms with E-state index in [-0.39, 0.29) is 0 Å². The number of hydrogen-bond donors (Lipinski definition) is 2. The van der Waals surface area contributed by atoms with Gasteiger partial charge in [-0.05, 0) is 49.5 Å². The van der Waals surface area contributed by atoms with Gasteiger partial charge >= 0.3 is 0 Å². The second-order valence-electron chi connectivity index (χ2n) is 4.74. The lowest BCUT2D eigenvalue weighted by molar-refractivity contribution is 0.414. The van der Waals surface area contributed by atoms with Crippen LogP contribution in [-0.2, 0) is 6.42 Å². The highest BCUT2D eigenvalue weighted by atomic mass is 35.5. The standard InChI is InChI=1S/C16H26ClN3OS/c1-4-18-16(19-9-5-11-22-3)20-10-8-13-6-7-14(21-2)12-15(13)17/h6-7,12H,4-5,8-11H2,1-3H3,(H2,18,19,20). The minimum atomic E-state index is 0.739. The van der Waals surface area contributed by atoms with Crippen LogP contribution < -0.4 is 15.4 Å². The molecule has 0 atom stereocenters. The Morgan fingerprint density at radius 2 is 2.18 bits per heavy atom. The van der Waals surface area contributed by atoms with Crippen LogP contribution in [0.4, 0.5) is 0 Å². The molecule has 6 heteroatoms. The molecule has 0 bridgehead atoms. The van der Waals surface area contributed by atoms with Crippen LogP contribution in [0, 0.1) is 0 Å². The highest BCUT2D eigenvalue weighted by Gasteiger charge is 2.03. The van der Waals surface area contributed by atoms with Crippen molar-refractivity contribution >= 4 is 29.3 Å². The highest BCUT2D eigenvalue weighted by Crippen LogP contribution is 2.22. The number of halogens is 1. The van der Waals surface area contributed by atoms with Crippen LogP contribution in [0.1, 0.15) is 18.9 Å². The molecule has 0 radical (unpaired) electrons. The fourth-order valence-corrected chi connectivity index (χ4v) is 2.60. The van der Waals surface area contributed by atoms with E-state index in [1.807, 2.05) is 30.0 Å². The zero-order chi connectivity index (χ0) is 16.2. The van der Waals surface area contributed by atoms with Crippen molar-refractivity contribution in [2.45, 2.75) is 19.8 Å². The first-order chi connectivity index (χ1) is 10.7. The molecule has 0 aromatic heterocycles. The Labute approximate surface area is 143 Å². The maximum absolute atomic E-state index is 6.25. The largest absolute Gasteiger partial charge is 0.497 e. The van der Waals surface area contributed by atoms with Crippen molar-refractivity contribution in [1.82, 2.24) is 10.6 Å². The maximum atomic E-state index is 6.25. The predicted octanol–water partition coefficient (Wildman–Crippen LogP) is 3.20. The smallest absolute Gasteiger partial charge is 0.191 e. The summed E-state index contributed by atoms with van der Waals surface area (Å²) in [6.45, 7) is 4.57. The van der Waals surface area contributed by atoms with Crippen LogP contribution in [0.25, 0.3) is 0 Å². The number of benzene rings is 1. The van der Waals surface area contributed by atoms with E-state index in [9.17, 15) is 0 Å². The molecule has 0 heterocycles. The molecule has 0 amide bonds. The number of guanidine groups is 1. The summed E-state index contributed by atoms with van der Waals surface area (Å²) >= 11 is 8.10. The van der Waals surface area contributed by atoms with Gasteiger partial charge in [-0.2, -0.15) is 11.8 Å². The van der Waals surface area contributed by atoms with Crippen LogP contribution in [-0.4, -0.2) is 44.7 Å². The molecule has 0 saturated carbocycles. The van der Waals surface area contributed by atoms with E-state index in [1.165, 1.54) is 0 Å². The SMILES string of the molecule is CCNC(=NCCCSC)NCCc1ccc(OC)cc1Cl. The first-order valence-electron chi connectivity index (χ1n) is 7.54. The molecule has 0 aliphatic rings. The number of methoxy groups -OCH3 is 1. The van der Waals surface area contributed by atoms with Gasteiger partial charge in [-0.3, -0.25) is 4.99 Å². The molecule has 0 unspecified atom stereocenters. The average molecular weight is 344 g/mol. The Balaban J connectivity index is 2.44. The Kier molecular flexibility index (Phi) is 9.91. The van der Waals surface area contributed by atoms with Crippen LogP contribution >= 0.6 is 23.4 Å². The molecule has 0 saturated heterocycles. The summed E-state index contributed by atoms with van der Waals surface area (Å²) in [6.07, 6.45) is 4.06. The van der Waals surface area contributed by atoms with E-state index < -0.39 is 0 Å². The summed E-state index contributed by atoms with van der Waals surface area (Å²) in [4.78, 5) is 4.56. The van der Waals surface area contributed by atoms with Gasteiger partial charge in [-0.15, -0.1) is 0 Å². The Morgan fingerprint density at radius 1 is 1.36 bits per heavy atom. The quantitative estimate of drug-likeness (QED) is 0.410. The van der Waals surface area contributed by atoms with Crippen molar-refractivity contribution in [2.75, 3.05) is 38.8 Å². The van der Waals surface area contributed by atoms with E-state index in [0.29, 0.717) is 0 Å². The van der Waals surface area contributed by atoms with Gasteiger partial charge in [0, 0.05) is 24.7 Å². The van der Waals surface area contributed by atoms with Gasteiger partial charge in [0.05, 0.1) is 7.11 Å². The van der Waals surface area contributed by atoms with Crippen LogP contribution in [0.2, 0.25) is 5.02 Å². The fourth-order valence-electron chi connectivity index (χ4n) is 1.91. The predicted molar refractivity (Wildman–Crippen MR) is 98.7 cm³/mol. The van der Waals surface area contributed by atoms with Crippen molar-refractivity contribution in [3.8, 4) is 5.75 Å². The number of nitrogens with zero attached hydrogens (tertiary/aromatic N) is 1. The summed E-state index contributed by atoms with van der Waals surface area (Å²) in [5, 5.41) is 7.34. The van der Waals surface area contributed by atoms with Crippen LogP contribution in [0.15, 0.2) is 23.2 Å². The number of hydrogen-bond acceptors (Lipinski definition) is 3. The fraction of sp³-hybridized carbons (Fsp3) is 0.562. The van der Waals surface area contributed by atoms with Crippen molar-refractivity contribution in [3.05, 3.63) is 28.8 Å². The molecule has 0 fully saturated rings. The normalized spacial score (nSPS) is 11.4. The zero-order valence-corrected chi connectivity index (χ0v) is 15.2. The van der Waals surface area contributed by atoms with Gasteiger partial charge < -0.3 is 15.4 Å². The molecule has 1 aromatic rings. The molecular weight excluding hydrogens is 318 g/mol. The topological polar surface area (TPSA) is 45.7 Å². The lowest BCUT2D eigenvalue weighted by Gasteiger charge is -2.12. The van der Waals surface area contributed by atoms with E-state index in [1.54, 1.807) is 7.11 Å². The lowest BCUT2D eigenvalue weighted by Crippen LogP contribution is -2.38. The summed E-state index contributed by atoms with van der Waals surface area (Å²) in [7, 11) is 1.64.